The van der Waals surface area contributed by atoms with Crippen molar-refractivity contribution < 1.29 is 9.53 Å². The van der Waals surface area contributed by atoms with Crippen molar-refractivity contribution in [3.63, 3.8) is 0 Å². The van der Waals surface area contributed by atoms with Crippen molar-refractivity contribution >= 4 is 17.2 Å². The molecule has 0 aliphatic carbocycles. The zero-order chi connectivity index (χ0) is 16.5. The van der Waals surface area contributed by atoms with Gasteiger partial charge in [0.15, 0.2) is 0 Å². The van der Waals surface area contributed by atoms with E-state index in [1.165, 1.54) is 10.4 Å². The van der Waals surface area contributed by atoms with Gasteiger partial charge in [-0.05, 0) is 24.6 Å². The number of likely N-dealkylation sites (tertiary alicyclic amines) is 1. The lowest BCUT2D eigenvalue weighted by molar-refractivity contribution is -0.0503. The number of benzene rings is 1. The van der Waals surface area contributed by atoms with E-state index in [-0.39, 0.29) is 12.0 Å². The highest BCUT2D eigenvalue weighted by molar-refractivity contribution is 7.13. The molecule has 2 aliphatic rings. The molecule has 4 nitrogen and oxygen atoms in total. The maximum Gasteiger partial charge on any atom is 0.264 e. The SMILES string of the molecule is Cc1ccc(C(=O)N2CC3OCCN(Cc4ccccc4)C3C2)s1. The third kappa shape index (κ3) is 3.11. The van der Waals surface area contributed by atoms with Gasteiger partial charge in [-0.1, -0.05) is 30.3 Å². The van der Waals surface area contributed by atoms with Gasteiger partial charge in [0, 0.05) is 31.1 Å². The van der Waals surface area contributed by atoms with Crippen molar-refractivity contribution in [2.45, 2.75) is 25.6 Å². The zero-order valence-electron chi connectivity index (χ0n) is 13.9. The highest BCUT2D eigenvalue weighted by atomic mass is 32.1. The van der Waals surface area contributed by atoms with Gasteiger partial charge in [0.05, 0.1) is 23.6 Å². The maximum atomic E-state index is 12.7. The molecule has 1 aromatic heterocycles. The highest BCUT2D eigenvalue weighted by Crippen LogP contribution is 2.27. The Kier molecular flexibility index (Phi) is 4.39. The predicted octanol–water partition coefficient (Wildman–Crippen LogP) is 2.78. The van der Waals surface area contributed by atoms with Crippen molar-refractivity contribution in [2.24, 2.45) is 0 Å². The van der Waals surface area contributed by atoms with E-state index in [1.54, 1.807) is 11.3 Å². The molecule has 24 heavy (non-hydrogen) atoms. The number of amides is 1. The number of thiophene rings is 1. The van der Waals surface area contributed by atoms with Crippen LogP contribution in [0.2, 0.25) is 0 Å². The number of ether oxygens (including phenoxy) is 1. The normalized spacial score (nSPS) is 24.1. The van der Waals surface area contributed by atoms with Crippen LogP contribution in [0.1, 0.15) is 20.1 Å². The smallest absolute Gasteiger partial charge is 0.264 e. The van der Waals surface area contributed by atoms with E-state index < -0.39 is 0 Å². The summed E-state index contributed by atoms with van der Waals surface area (Å²) < 4.78 is 5.96. The van der Waals surface area contributed by atoms with Gasteiger partial charge in [0.1, 0.15) is 0 Å². The molecule has 2 saturated heterocycles. The van der Waals surface area contributed by atoms with E-state index in [2.05, 4.69) is 29.2 Å². The Labute approximate surface area is 146 Å². The highest BCUT2D eigenvalue weighted by Gasteiger charge is 2.42. The second-order valence-electron chi connectivity index (χ2n) is 6.55. The summed E-state index contributed by atoms with van der Waals surface area (Å²) in [6, 6.07) is 14.8. The van der Waals surface area contributed by atoms with Gasteiger partial charge >= 0.3 is 0 Å². The molecule has 4 rings (SSSR count). The summed E-state index contributed by atoms with van der Waals surface area (Å²) in [5.74, 6) is 0.144. The quantitative estimate of drug-likeness (QED) is 0.860. The summed E-state index contributed by atoms with van der Waals surface area (Å²) in [6.07, 6.45) is 0.132. The van der Waals surface area contributed by atoms with E-state index in [0.29, 0.717) is 12.6 Å². The van der Waals surface area contributed by atoms with Crippen LogP contribution in [0, 0.1) is 6.92 Å². The number of morpholine rings is 1. The standard InChI is InChI=1S/C19H22N2O2S/c1-14-7-8-18(24-14)19(22)21-12-16-17(13-21)23-10-9-20(16)11-15-5-3-2-4-6-15/h2-8,16-17H,9-13H2,1H3. The average Bonchev–Trinajstić information content (AvgIpc) is 3.22. The third-order valence-corrected chi connectivity index (χ3v) is 5.87. The van der Waals surface area contributed by atoms with E-state index in [1.807, 2.05) is 30.0 Å². The Morgan fingerprint density at radius 1 is 1.21 bits per heavy atom. The van der Waals surface area contributed by atoms with Crippen LogP contribution in [0.3, 0.4) is 0 Å². The summed E-state index contributed by atoms with van der Waals surface area (Å²) in [7, 11) is 0. The Hall–Kier alpha value is -1.69. The minimum Gasteiger partial charge on any atom is -0.373 e. The number of carbonyl (C=O) groups is 1. The minimum absolute atomic E-state index is 0.132. The summed E-state index contributed by atoms with van der Waals surface area (Å²) in [4.78, 5) is 19.2. The van der Waals surface area contributed by atoms with Crippen LogP contribution in [0.5, 0.6) is 0 Å². The van der Waals surface area contributed by atoms with Crippen molar-refractivity contribution in [3.8, 4) is 0 Å². The molecule has 1 aromatic carbocycles. The number of rotatable bonds is 3. The number of aryl methyl sites for hydroxylation is 1. The molecule has 3 heterocycles. The van der Waals surface area contributed by atoms with Crippen molar-refractivity contribution in [1.82, 2.24) is 9.80 Å². The summed E-state index contributed by atoms with van der Waals surface area (Å²) in [5.41, 5.74) is 1.32. The molecule has 2 unspecified atom stereocenters. The molecular formula is C19H22N2O2S. The molecule has 5 heteroatoms. The van der Waals surface area contributed by atoms with Crippen LogP contribution in [0.4, 0.5) is 0 Å². The van der Waals surface area contributed by atoms with Crippen LogP contribution in [-0.4, -0.2) is 54.1 Å². The van der Waals surface area contributed by atoms with Crippen LogP contribution in [-0.2, 0) is 11.3 Å². The molecule has 126 valence electrons. The monoisotopic (exact) mass is 342 g/mol. The van der Waals surface area contributed by atoms with E-state index in [0.717, 1.165) is 31.1 Å². The molecular weight excluding hydrogens is 320 g/mol. The molecule has 0 N–H and O–H groups in total. The second-order valence-corrected chi connectivity index (χ2v) is 7.84. The first-order valence-electron chi connectivity index (χ1n) is 8.46. The zero-order valence-corrected chi connectivity index (χ0v) is 14.7. The lowest BCUT2D eigenvalue weighted by atomic mass is 10.1. The predicted molar refractivity (Wildman–Crippen MR) is 95.3 cm³/mol. The van der Waals surface area contributed by atoms with Gasteiger partial charge in [-0.25, -0.2) is 0 Å². The molecule has 2 aliphatic heterocycles. The number of nitrogens with zero attached hydrogens (tertiary/aromatic N) is 2. The van der Waals surface area contributed by atoms with Gasteiger partial charge in [-0.15, -0.1) is 11.3 Å². The topological polar surface area (TPSA) is 32.8 Å². The van der Waals surface area contributed by atoms with E-state index >= 15 is 0 Å². The summed E-state index contributed by atoms with van der Waals surface area (Å²) in [5, 5.41) is 0. The summed E-state index contributed by atoms with van der Waals surface area (Å²) in [6.45, 7) is 6.09. The molecule has 0 saturated carbocycles. The van der Waals surface area contributed by atoms with Gasteiger partial charge in [-0.3, -0.25) is 9.69 Å². The maximum absolute atomic E-state index is 12.7. The van der Waals surface area contributed by atoms with Gasteiger partial charge in [0.2, 0.25) is 0 Å². The first-order chi connectivity index (χ1) is 11.7. The number of hydrogen-bond donors (Lipinski definition) is 0. The molecule has 2 atom stereocenters. The molecule has 0 bridgehead atoms. The first kappa shape index (κ1) is 15.8. The van der Waals surface area contributed by atoms with Crippen LogP contribution < -0.4 is 0 Å². The van der Waals surface area contributed by atoms with Crippen LogP contribution >= 0.6 is 11.3 Å². The molecule has 2 fully saturated rings. The molecule has 0 spiro atoms. The average molecular weight is 342 g/mol. The van der Waals surface area contributed by atoms with Gasteiger partial charge in [-0.2, -0.15) is 0 Å². The first-order valence-corrected chi connectivity index (χ1v) is 9.27. The lowest BCUT2D eigenvalue weighted by Gasteiger charge is -2.36. The Morgan fingerprint density at radius 3 is 2.79 bits per heavy atom. The molecule has 2 aromatic rings. The Balaban J connectivity index is 1.47. The van der Waals surface area contributed by atoms with Crippen LogP contribution in [0.15, 0.2) is 42.5 Å². The Bertz CT molecular complexity index is 715. The van der Waals surface area contributed by atoms with Crippen molar-refractivity contribution in [2.75, 3.05) is 26.2 Å². The van der Waals surface area contributed by atoms with Gasteiger partial charge < -0.3 is 9.64 Å². The number of hydrogen-bond acceptors (Lipinski definition) is 4. The van der Waals surface area contributed by atoms with Crippen molar-refractivity contribution in [1.29, 1.82) is 0 Å². The molecule has 0 radical (unpaired) electrons. The van der Waals surface area contributed by atoms with E-state index in [4.69, 9.17) is 4.74 Å². The van der Waals surface area contributed by atoms with Crippen molar-refractivity contribution in [3.05, 3.63) is 57.8 Å². The fourth-order valence-electron chi connectivity index (χ4n) is 3.64. The second kappa shape index (κ2) is 6.67. The molecule has 1 amide bonds. The number of carbonyl (C=O) groups excluding carboxylic acids is 1. The fraction of sp³-hybridized carbons (Fsp3) is 0.421. The fourth-order valence-corrected chi connectivity index (χ4v) is 4.48. The van der Waals surface area contributed by atoms with Crippen LogP contribution in [0.25, 0.3) is 0 Å². The largest absolute Gasteiger partial charge is 0.373 e. The Morgan fingerprint density at radius 2 is 2.04 bits per heavy atom. The summed E-state index contributed by atoms with van der Waals surface area (Å²) >= 11 is 1.57. The third-order valence-electron chi connectivity index (χ3n) is 4.88. The number of fused-ring (bicyclic) bond motifs is 1. The lowest BCUT2D eigenvalue weighted by Crippen LogP contribution is -2.50. The van der Waals surface area contributed by atoms with Gasteiger partial charge in [0.25, 0.3) is 5.91 Å². The minimum atomic E-state index is 0.132. The van der Waals surface area contributed by atoms with E-state index in [9.17, 15) is 4.79 Å².